The zero-order valence-corrected chi connectivity index (χ0v) is 16.6. The average Bonchev–Trinajstić information content (AvgIpc) is 3.12. The lowest BCUT2D eigenvalue weighted by atomic mass is 9.84. The van der Waals surface area contributed by atoms with Crippen LogP contribution in [0.2, 0.25) is 0 Å². The molecular weight excluding hydrogens is 380 g/mol. The molecule has 4 nitrogen and oxygen atoms in total. The summed E-state index contributed by atoms with van der Waals surface area (Å²) >= 11 is 1.55. The van der Waals surface area contributed by atoms with Gasteiger partial charge in [0.1, 0.15) is 11.5 Å². The van der Waals surface area contributed by atoms with Gasteiger partial charge in [0.15, 0.2) is 5.13 Å². The monoisotopic (exact) mass is 400 g/mol. The Hall–Kier alpha value is -3.18. The van der Waals surface area contributed by atoms with E-state index in [-0.39, 0.29) is 11.8 Å². The number of aromatic nitrogens is 1. The van der Waals surface area contributed by atoms with Gasteiger partial charge in [-0.2, -0.15) is 0 Å². The van der Waals surface area contributed by atoms with Gasteiger partial charge >= 0.3 is 0 Å². The van der Waals surface area contributed by atoms with E-state index in [0.717, 1.165) is 51.8 Å². The van der Waals surface area contributed by atoms with Crippen molar-refractivity contribution in [1.82, 2.24) is 4.98 Å². The SMILES string of the molecule is O=C(C1CCC1)N(c1ccc(Oc2ccccc2)cc1)c1nc2ccccc2s1. The van der Waals surface area contributed by atoms with Crippen molar-refractivity contribution in [1.29, 1.82) is 0 Å². The third-order valence-electron chi connectivity index (χ3n) is 5.22. The Balaban J connectivity index is 1.48. The summed E-state index contributed by atoms with van der Waals surface area (Å²) < 4.78 is 6.97. The van der Waals surface area contributed by atoms with E-state index in [2.05, 4.69) is 0 Å². The van der Waals surface area contributed by atoms with Crippen LogP contribution in [0.5, 0.6) is 11.5 Å². The van der Waals surface area contributed by atoms with Gasteiger partial charge < -0.3 is 4.74 Å². The van der Waals surface area contributed by atoms with Crippen molar-refractivity contribution < 1.29 is 9.53 Å². The first-order valence-corrected chi connectivity index (χ1v) is 10.6. The number of nitrogens with zero attached hydrogens (tertiary/aromatic N) is 2. The number of hydrogen-bond acceptors (Lipinski definition) is 4. The summed E-state index contributed by atoms with van der Waals surface area (Å²) in [5, 5.41) is 0.722. The highest BCUT2D eigenvalue weighted by atomic mass is 32.1. The molecular formula is C24H20N2O2S. The van der Waals surface area contributed by atoms with E-state index < -0.39 is 0 Å². The van der Waals surface area contributed by atoms with E-state index in [1.165, 1.54) is 0 Å². The molecule has 1 heterocycles. The predicted molar refractivity (Wildman–Crippen MR) is 117 cm³/mol. The molecule has 29 heavy (non-hydrogen) atoms. The van der Waals surface area contributed by atoms with Crippen LogP contribution in [0, 0.1) is 5.92 Å². The molecule has 1 aromatic heterocycles. The summed E-state index contributed by atoms with van der Waals surface area (Å²) in [5.74, 6) is 1.74. The summed E-state index contributed by atoms with van der Waals surface area (Å²) in [6.07, 6.45) is 3.03. The van der Waals surface area contributed by atoms with E-state index in [0.29, 0.717) is 0 Å². The number of rotatable bonds is 5. The van der Waals surface area contributed by atoms with Crippen LogP contribution in [0.3, 0.4) is 0 Å². The van der Waals surface area contributed by atoms with Gasteiger partial charge in [-0.3, -0.25) is 9.69 Å². The molecule has 1 amide bonds. The van der Waals surface area contributed by atoms with Crippen LogP contribution >= 0.6 is 11.3 Å². The molecule has 0 saturated heterocycles. The van der Waals surface area contributed by atoms with E-state index >= 15 is 0 Å². The fourth-order valence-electron chi connectivity index (χ4n) is 3.41. The Morgan fingerprint density at radius 1 is 0.897 bits per heavy atom. The van der Waals surface area contributed by atoms with E-state index in [1.807, 2.05) is 78.9 Å². The second-order valence-electron chi connectivity index (χ2n) is 7.17. The lowest BCUT2D eigenvalue weighted by molar-refractivity contribution is -0.123. The van der Waals surface area contributed by atoms with Gasteiger partial charge in [-0.25, -0.2) is 4.98 Å². The molecule has 144 valence electrons. The molecule has 1 saturated carbocycles. The molecule has 3 aromatic carbocycles. The van der Waals surface area contributed by atoms with Crippen LogP contribution in [-0.4, -0.2) is 10.9 Å². The summed E-state index contributed by atoms with van der Waals surface area (Å²) in [6, 6.07) is 25.3. The lowest BCUT2D eigenvalue weighted by Gasteiger charge is -2.30. The molecule has 1 aliphatic carbocycles. The number of anilines is 2. The van der Waals surface area contributed by atoms with E-state index in [4.69, 9.17) is 9.72 Å². The molecule has 0 radical (unpaired) electrons. The molecule has 4 aromatic rings. The van der Waals surface area contributed by atoms with Crippen LogP contribution in [0.1, 0.15) is 19.3 Å². The molecule has 0 bridgehead atoms. The maximum atomic E-state index is 13.2. The van der Waals surface area contributed by atoms with Crippen LogP contribution in [0.15, 0.2) is 78.9 Å². The number of thiazole rings is 1. The molecule has 0 spiro atoms. The molecule has 0 atom stereocenters. The average molecular weight is 401 g/mol. The fourth-order valence-corrected chi connectivity index (χ4v) is 4.41. The molecule has 0 aliphatic heterocycles. The van der Waals surface area contributed by atoms with Crippen LogP contribution < -0.4 is 9.64 Å². The summed E-state index contributed by atoms with van der Waals surface area (Å²) in [7, 11) is 0. The fraction of sp³-hybridized carbons (Fsp3) is 0.167. The number of amides is 1. The summed E-state index contributed by atoms with van der Waals surface area (Å²) in [6.45, 7) is 0. The maximum Gasteiger partial charge on any atom is 0.236 e. The van der Waals surface area contributed by atoms with Crippen molar-refractivity contribution in [2.24, 2.45) is 5.92 Å². The number of carbonyl (C=O) groups is 1. The van der Waals surface area contributed by atoms with E-state index in [1.54, 1.807) is 16.2 Å². The van der Waals surface area contributed by atoms with Crippen molar-refractivity contribution in [3.8, 4) is 11.5 Å². The smallest absolute Gasteiger partial charge is 0.236 e. The van der Waals surface area contributed by atoms with Crippen molar-refractivity contribution in [3.05, 3.63) is 78.9 Å². The number of benzene rings is 3. The Morgan fingerprint density at radius 2 is 1.59 bits per heavy atom. The standard InChI is InChI=1S/C24H20N2O2S/c27-23(17-7-6-8-17)26(24-25-21-11-4-5-12-22(21)29-24)18-13-15-20(16-14-18)28-19-9-2-1-3-10-19/h1-5,9-17H,6-8H2. The Bertz CT molecular complexity index is 1100. The van der Waals surface area contributed by atoms with Gasteiger partial charge in [0.25, 0.3) is 0 Å². The summed E-state index contributed by atoms with van der Waals surface area (Å²) in [5.41, 5.74) is 1.74. The maximum absolute atomic E-state index is 13.2. The second-order valence-corrected chi connectivity index (χ2v) is 8.18. The first kappa shape index (κ1) is 17.9. The van der Waals surface area contributed by atoms with Gasteiger partial charge in [0.2, 0.25) is 5.91 Å². The highest BCUT2D eigenvalue weighted by molar-refractivity contribution is 7.22. The number of ether oxygens (including phenoxy) is 1. The van der Waals surface area contributed by atoms with Gasteiger partial charge in [0.05, 0.1) is 15.9 Å². The lowest BCUT2D eigenvalue weighted by Crippen LogP contribution is -2.35. The van der Waals surface area contributed by atoms with Crippen molar-refractivity contribution in [2.45, 2.75) is 19.3 Å². The third-order valence-corrected chi connectivity index (χ3v) is 6.24. The number of fused-ring (bicyclic) bond motifs is 1. The molecule has 0 unspecified atom stereocenters. The molecule has 1 aliphatic rings. The van der Waals surface area contributed by atoms with Crippen molar-refractivity contribution in [3.63, 3.8) is 0 Å². The zero-order chi connectivity index (χ0) is 19.6. The van der Waals surface area contributed by atoms with Crippen molar-refractivity contribution in [2.75, 3.05) is 4.90 Å². The van der Waals surface area contributed by atoms with Gasteiger partial charge in [-0.05, 0) is 61.4 Å². The van der Waals surface area contributed by atoms with Gasteiger partial charge in [-0.15, -0.1) is 0 Å². The third kappa shape index (κ3) is 3.61. The number of para-hydroxylation sites is 2. The Labute approximate surface area is 173 Å². The van der Waals surface area contributed by atoms with Crippen LogP contribution in [-0.2, 0) is 4.79 Å². The van der Waals surface area contributed by atoms with Crippen LogP contribution in [0.4, 0.5) is 10.8 Å². The topological polar surface area (TPSA) is 42.4 Å². The van der Waals surface area contributed by atoms with Gasteiger partial charge in [-0.1, -0.05) is 48.1 Å². The highest BCUT2D eigenvalue weighted by Gasteiger charge is 2.32. The predicted octanol–water partition coefficient (Wildman–Crippen LogP) is 6.55. The molecule has 5 rings (SSSR count). The minimum Gasteiger partial charge on any atom is -0.457 e. The minimum atomic E-state index is 0.0854. The quantitative estimate of drug-likeness (QED) is 0.381. The zero-order valence-electron chi connectivity index (χ0n) is 15.8. The Morgan fingerprint density at radius 3 is 2.28 bits per heavy atom. The summed E-state index contributed by atoms with van der Waals surface area (Å²) in [4.78, 5) is 19.8. The molecule has 0 N–H and O–H groups in total. The Kier molecular flexibility index (Phi) is 4.74. The van der Waals surface area contributed by atoms with Gasteiger partial charge in [0, 0.05) is 5.92 Å². The second kappa shape index (κ2) is 7.68. The number of hydrogen-bond donors (Lipinski definition) is 0. The first-order valence-electron chi connectivity index (χ1n) is 9.80. The molecule has 5 heteroatoms. The van der Waals surface area contributed by atoms with E-state index in [9.17, 15) is 4.79 Å². The van der Waals surface area contributed by atoms with Crippen molar-refractivity contribution >= 4 is 38.3 Å². The minimum absolute atomic E-state index is 0.0854. The number of carbonyl (C=O) groups excluding carboxylic acids is 1. The molecule has 1 fully saturated rings. The first-order chi connectivity index (χ1) is 14.3. The largest absolute Gasteiger partial charge is 0.457 e. The van der Waals surface area contributed by atoms with Crippen LogP contribution in [0.25, 0.3) is 10.2 Å². The normalized spacial score (nSPS) is 13.8. The highest BCUT2D eigenvalue weighted by Crippen LogP contribution is 2.38.